The van der Waals surface area contributed by atoms with E-state index in [1.165, 1.54) is 12.3 Å². The molecule has 2 rings (SSSR count). The second kappa shape index (κ2) is 4.18. The van der Waals surface area contributed by atoms with Gasteiger partial charge >= 0.3 is 5.97 Å². The number of carbonyl (C=O) groups is 1. The molecule has 0 bridgehead atoms. The van der Waals surface area contributed by atoms with E-state index < -0.39 is 12.1 Å². The van der Waals surface area contributed by atoms with Crippen LogP contribution in [0.3, 0.4) is 0 Å². The summed E-state index contributed by atoms with van der Waals surface area (Å²) in [5.74, 6) is -0.957. The minimum absolute atomic E-state index is 0.0522. The van der Waals surface area contributed by atoms with Crippen molar-refractivity contribution in [2.24, 2.45) is 5.92 Å². The van der Waals surface area contributed by atoms with Crippen molar-refractivity contribution in [2.75, 3.05) is 0 Å². The average molecular weight is 234 g/mol. The Hall–Kier alpha value is -1.88. The van der Waals surface area contributed by atoms with Crippen LogP contribution in [0, 0.1) is 5.92 Å². The van der Waals surface area contributed by atoms with Crippen LogP contribution in [0.25, 0.3) is 11.0 Å². The summed E-state index contributed by atoms with van der Waals surface area (Å²) in [5.41, 5.74) is 1.77. The lowest BCUT2D eigenvalue weighted by Crippen LogP contribution is -2.05. The van der Waals surface area contributed by atoms with Crippen LogP contribution < -0.4 is 0 Å². The van der Waals surface area contributed by atoms with E-state index in [0.717, 1.165) is 0 Å². The number of carboxylic acid groups (broad SMARTS) is 1. The Kier molecular flexibility index (Phi) is 2.85. The summed E-state index contributed by atoms with van der Waals surface area (Å²) in [6, 6.07) is 3.12. The zero-order valence-corrected chi connectivity index (χ0v) is 9.64. The maximum Gasteiger partial charge on any atom is 0.337 e. The Labute approximate surface area is 98.1 Å². The number of aliphatic hydroxyl groups is 1. The van der Waals surface area contributed by atoms with Gasteiger partial charge in [-0.1, -0.05) is 13.8 Å². The predicted octanol–water partition coefficient (Wildman–Crippen LogP) is 1.95. The monoisotopic (exact) mass is 234 g/mol. The molecule has 2 heterocycles. The van der Waals surface area contributed by atoms with Crippen molar-refractivity contribution in [3.63, 3.8) is 0 Å². The lowest BCUT2D eigenvalue weighted by atomic mass is 10.1. The van der Waals surface area contributed by atoms with Crippen LogP contribution in [0.15, 0.2) is 18.3 Å². The predicted molar refractivity (Wildman–Crippen MR) is 62.9 cm³/mol. The van der Waals surface area contributed by atoms with Gasteiger partial charge in [0.25, 0.3) is 0 Å². The van der Waals surface area contributed by atoms with E-state index in [-0.39, 0.29) is 11.5 Å². The van der Waals surface area contributed by atoms with Crippen molar-refractivity contribution in [2.45, 2.75) is 20.0 Å². The highest BCUT2D eigenvalue weighted by atomic mass is 16.4. The smallest absolute Gasteiger partial charge is 0.337 e. The van der Waals surface area contributed by atoms with Crippen molar-refractivity contribution < 1.29 is 15.0 Å². The second-order valence-corrected chi connectivity index (χ2v) is 4.34. The molecule has 3 N–H and O–H groups in total. The van der Waals surface area contributed by atoms with Gasteiger partial charge in [-0.3, -0.25) is 4.98 Å². The Morgan fingerprint density at radius 2 is 2.18 bits per heavy atom. The second-order valence-electron chi connectivity index (χ2n) is 4.34. The molecule has 0 amide bonds. The molecule has 90 valence electrons. The fourth-order valence-corrected chi connectivity index (χ4v) is 1.74. The van der Waals surface area contributed by atoms with Crippen LogP contribution in [0.5, 0.6) is 0 Å². The summed E-state index contributed by atoms with van der Waals surface area (Å²) in [4.78, 5) is 18.0. The maximum atomic E-state index is 11.0. The molecule has 0 aliphatic heterocycles. The van der Waals surface area contributed by atoms with Gasteiger partial charge in [0.1, 0.15) is 0 Å². The number of hydrogen-bond acceptors (Lipinski definition) is 3. The molecule has 0 fully saturated rings. The van der Waals surface area contributed by atoms with Gasteiger partial charge < -0.3 is 15.2 Å². The molecule has 0 spiro atoms. The fraction of sp³-hybridized carbons (Fsp3) is 0.333. The highest BCUT2D eigenvalue weighted by Gasteiger charge is 2.17. The standard InChI is InChI=1S/C12H14N2O3/c1-6(2)11(15)9-5-8-10(14-9)7(12(16)17)3-4-13-8/h3-6,11,14-15H,1-2H3,(H,16,17). The van der Waals surface area contributed by atoms with Crippen LogP contribution in [0.1, 0.15) is 36.0 Å². The Morgan fingerprint density at radius 3 is 2.76 bits per heavy atom. The Bertz CT molecular complexity index is 560. The first kappa shape index (κ1) is 11.6. The van der Waals surface area contributed by atoms with Gasteiger partial charge in [-0.25, -0.2) is 4.79 Å². The van der Waals surface area contributed by atoms with Crippen molar-refractivity contribution in [1.29, 1.82) is 0 Å². The average Bonchev–Trinajstić information content (AvgIpc) is 2.70. The van der Waals surface area contributed by atoms with Crippen LogP contribution in [-0.4, -0.2) is 26.2 Å². The van der Waals surface area contributed by atoms with Crippen LogP contribution in [-0.2, 0) is 0 Å². The molecule has 0 aromatic carbocycles. The Balaban J connectivity index is 2.57. The maximum absolute atomic E-state index is 11.0. The molecule has 2 aromatic heterocycles. The Morgan fingerprint density at radius 1 is 1.47 bits per heavy atom. The van der Waals surface area contributed by atoms with Crippen LogP contribution in [0.4, 0.5) is 0 Å². The molecular weight excluding hydrogens is 220 g/mol. The number of fused-ring (bicyclic) bond motifs is 1. The van der Waals surface area contributed by atoms with Crippen LogP contribution >= 0.6 is 0 Å². The van der Waals surface area contributed by atoms with E-state index in [1.54, 1.807) is 6.07 Å². The van der Waals surface area contributed by atoms with Gasteiger partial charge in [0.15, 0.2) is 0 Å². The largest absolute Gasteiger partial charge is 0.478 e. The molecule has 17 heavy (non-hydrogen) atoms. The number of carboxylic acids is 1. The van der Waals surface area contributed by atoms with Gasteiger partial charge in [-0.2, -0.15) is 0 Å². The van der Waals surface area contributed by atoms with Gasteiger partial charge in [0, 0.05) is 11.9 Å². The first-order valence-corrected chi connectivity index (χ1v) is 5.39. The molecule has 0 radical (unpaired) electrons. The van der Waals surface area contributed by atoms with Gasteiger partial charge in [0.05, 0.1) is 22.7 Å². The number of nitrogens with one attached hydrogen (secondary N) is 1. The molecule has 0 saturated carbocycles. The van der Waals surface area contributed by atoms with E-state index in [0.29, 0.717) is 16.7 Å². The van der Waals surface area contributed by atoms with E-state index in [1.807, 2.05) is 13.8 Å². The van der Waals surface area contributed by atoms with E-state index in [9.17, 15) is 9.90 Å². The third kappa shape index (κ3) is 2.01. The molecule has 1 unspecified atom stereocenters. The number of pyridine rings is 1. The molecule has 0 aliphatic carbocycles. The molecule has 2 aromatic rings. The fourth-order valence-electron chi connectivity index (χ4n) is 1.74. The number of rotatable bonds is 3. The van der Waals surface area contributed by atoms with Gasteiger partial charge in [-0.05, 0) is 18.1 Å². The zero-order valence-electron chi connectivity index (χ0n) is 9.64. The van der Waals surface area contributed by atoms with E-state index in [4.69, 9.17) is 5.11 Å². The third-order valence-electron chi connectivity index (χ3n) is 2.72. The minimum atomic E-state index is -1.01. The van der Waals surface area contributed by atoms with Gasteiger partial charge in [0.2, 0.25) is 0 Å². The topological polar surface area (TPSA) is 86.2 Å². The van der Waals surface area contributed by atoms with Crippen molar-refractivity contribution >= 4 is 17.0 Å². The van der Waals surface area contributed by atoms with Crippen molar-refractivity contribution in [3.05, 3.63) is 29.6 Å². The number of aromatic nitrogens is 2. The lowest BCUT2D eigenvalue weighted by Gasteiger charge is -2.11. The summed E-state index contributed by atoms with van der Waals surface area (Å²) in [7, 11) is 0. The van der Waals surface area contributed by atoms with Crippen LogP contribution in [0.2, 0.25) is 0 Å². The molecule has 5 heteroatoms. The van der Waals surface area contributed by atoms with E-state index in [2.05, 4.69) is 9.97 Å². The SMILES string of the molecule is CC(C)C(O)c1cc2nccc(C(=O)O)c2[nH]1. The lowest BCUT2D eigenvalue weighted by molar-refractivity contribution is 0.0698. The first-order chi connectivity index (χ1) is 8.00. The number of aromatic amines is 1. The van der Waals surface area contributed by atoms with Crippen molar-refractivity contribution in [1.82, 2.24) is 9.97 Å². The van der Waals surface area contributed by atoms with Crippen molar-refractivity contribution in [3.8, 4) is 0 Å². The number of aromatic carboxylic acids is 1. The molecule has 1 atom stereocenters. The summed E-state index contributed by atoms with van der Waals surface area (Å²) < 4.78 is 0. The molecule has 5 nitrogen and oxygen atoms in total. The third-order valence-corrected chi connectivity index (χ3v) is 2.72. The van der Waals surface area contributed by atoms with E-state index >= 15 is 0 Å². The normalized spacial score (nSPS) is 13.2. The molecule has 0 saturated heterocycles. The quantitative estimate of drug-likeness (QED) is 0.757. The highest BCUT2D eigenvalue weighted by molar-refractivity contribution is 6.00. The number of nitrogens with zero attached hydrogens (tertiary/aromatic N) is 1. The summed E-state index contributed by atoms with van der Waals surface area (Å²) in [5, 5.41) is 19.0. The number of H-pyrrole nitrogens is 1. The first-order valence-electron chi connectivity index (χ1n) is 5.39. The molecule has 0 aliphatic rings. The minimum Gasteiger partial charge on any atom is -0.478 e. The highest BCUT2D eigenvalue weighted by Crippen LogP contribution is 2.25. The summed E-state index contributed by atoms with van der Waals surface area (Å²) in [6.45, 7) is 3.78. The number of aliphatic hydroxyl groups excluding tert-OH is 1. The van der Waals surface area contributed by atoms with Gasteiger partial charge in [-0.15, -0.1) is 0 Å². The number of hydrogen-bond donors (Lipinski definition) is 3. The molecular formula is C12H14N2O3. The zero-order chi connectivity index (χ0) is 12.6. The summed E-state index contributed by atoms with van der Waals surface area (Å²) in [6.07, 6.45) is 0.802. The summed E-state index contributed by atoms with van der Waals surface area (Å²) >= 11 is 0.